The molecule has 0 N–H and O–H groups in total. The van der Waals surface area contributed by atoms with Gasteiger partial charge in [0.15, 0.2) is 0 Å². The summed E-state index contributed by atoms with van der Waals surface area (Å²) in [6.07, 6.45) is 0.785. The molecule has 0 aromatic heterocycles. The second kappa shape index (κ2) is 8.65. The summed E-state index contributed by atoms with van der Waals surface area (Å²) in [4.78, 5) is 4.78. The lowest BCUT2D eigenvalue weighted by atomic mass is 10.0. The third-order valence-electron chi connectivity index (χ3n) is 4.98. The molecule has 0 fully saturated rings. The average molecular weight is 431 g/mol. The van der Waals surface area contributed by atoms with Crippen LogP contribution in [-0.2, 0) is 19.5 Å². The second-order valence-electron chi connectivity index (χ2n) is 7.26. The highest BCUT2D eigenvalue weighted by Gasteiger charge is 2.20. The molecule has 2 nitrogen and oxygen atoms in total. The molecule has 28 heavy (non-hydrogen) atoms. The van der Waals surface area contributed by atoms with Crippen molar-refractivity contribution in [3.63, 3.8) is 0 Å². The molecule has 1 aliphatic rings. The van der Waals surface area contributed by atoms with Crippen molar-refractivity contribution in [3.05, 3.63) is 99.5 Å². The fourth-order valence-electron chi connectivity index (χ4n) is 3.63. The Balaban J connectivity index is 1.48. The number of fused-ring (bicyclic) bond motifs is 1. The van der Waals surface area contributed by atoms with Gasteiger partial charge < -0.3 is 4.90 Å². The smallest absolute Gasteiger partial charge is 0.0709 e. The molecule has 0 aliphatic carbocycles. The summed E-state index contributed by atoms with van der Waals surface area (Å²) in [6, 6.07) is 25.6. The van der Waals surface area contributed by atoms with Crippen LogP contribution in [0, 0.1) is 11.8 Å². The Morgan fingerprint density at radius 2 is 1.71 bits per heavy atom. The van der Waals surface area contributed by atoms with E-state index in [1.165, 1.54) is 22.4 Å². The van der Waals surface area contributed by atoms with E-state index in [2.05, 4.69) is 111 Å². The molecule has 0 bridgehead atoms. The van der Waals surface area contributed by atoms with Gasteiger partial charge in [-0.3, -0.25) is 4.90 Å². The lowest BCUT2D eigenvalue weighted by molar-refractivity contribution is 0.248. The van der Waals surface area contributed by atoms with Gasteiger partial charge in [-0.25, -0.2) is 0 Å². The number of hydrogen-bond acceptors (Lipinski definition) is 2. The molecule has 0 spiro atoms. The van der Waals surface area contributed by atoms with Crippen LogP contribution in [0.4, 0.5) is 5.69 Å². The lowest BCUT2D eigenvalue weighted by Gasteiger charge is -2.36. The molecule has 3 aromatic carbocycles. The quantitative estimate of drug-likeness (QED) is 0.509. The van der Waals surface area contributed by atoms with Crippen molar-refractivity contribution in [2.45, 2.75) is 19.5 Å². The molecule has 0 radical (unpaired) electrons. The Morgan fingerprint density at radius 1 is 0.929 bits per heavy atom. The maximum Gasteiger partial charge on any atom is 0.0709 e. The van der Waals surface area contributed by atoms with E-state index in [1.807, 2.05) is 6.07 Å². The van der Waals surface area contributed by atoms with E-state index in [4.69, 9.17) is 0 Å². The highest BCUT2D eigenvalue weighted by Crippen LogP contribution is 2.28. The molecule has 1 aliphatic heterocycles. The van der Waals surface area contributed by atoms with Crippen LogP contribution in [0.3, 0.4) is 0 Å². The van der Waals surface area contributed by atoms with Crippen LogP contribution in [0.1, 0.15) is 22.3 Å². The van der Waals surface area contributed by atoms with E-state index in [0.717, 1.165) is 36.2 Å². The number of nitrogens with zero attached hydrogens (tertiary/aromatic N) is 2. The normalized spacial score (nSPS) is 13.6. The second-order valence-corrected chi connectivity index (χ2v) is 8.18. The Bertz CT molecular complexity index is 1000. The fourth-order valence-corrected chi connectivity index (χ4v) is 3.89. The zero-order valence-electron chi connectivity index (χ0n) is 16.0. The molecule has 0 saturated carbocycles. The molecule has 0 unspecified atom stereocenters. The first-order valence-corrected chi connectivity index (χ1v) is 10.3. The van der Waals surface area contributed by atoms with Gasteiger partial charge in [0.05, 0.1) is 6.67 Å². The Morgan fingerprint density at radius 3 is 2.50 bits per heavy atom. The minimum absolute atomic E-state index is 0.785. The predicted molar refractivity (Wildman–Crippen MR) is 120 cm³/mol. The monoisotopic (exact) mass is 430 g/mol. The van der Waals surface area contributed by atoms with Gasteiger partial charge in [-0.1, -0.05) is 70.2 Å². The summed E-state index contributed by atoms with van der Waals surface area (Å²) in [6.45, 7) is 2.83. The largest absolute Gasteiger partial charge is 0.361 e. The van der Waals surface area contributed by atoms with Crippen LogP contribution in [0.5, 0.6) is 0 Å². The molecule has 0 amide bonds. The van der Waals surface area contributed by atoms with E-state index in [9.17, 15) is 0 Å². The van der Waals surface area contributed by atoms with Crippen molar-refractivity contribution < 1.29 is 0 Å². The van der Waals surface area contributed by atoms with E-state index < -0.39 is 0 Å². The van der Waals surface area contributed by atoms with Crippen LogP contribution in [0.15, 0.2) is 77.3 Å². The van der Waals surface area contributed by atoms with Gasteiger partial charge in [0, 0.05) is 42.3 Å². The average Bonchev–Trinajstić information content (AvgIpc) is 2.70. The van der Waals surface area contributed by atoms with Gasteiger partial charge in [-0.05, 0) is 47.0 Å². The standard InChI is InChI=1S/C25H23BrN2/c1-27-19-28(17-22-10-13-24(26)14-11-22)18-23-16-21(12-15-25(23)27)9-5-8-20-6-3-2-4-7-20/h2-4,6-7,10-16H,8,17-19H2,1H3. The molecule has 140 valence electrons. The van der Waals surface area contributed by atoms with Crippen LogP contribution in [0.2, 0.25) is 0 Å². The zero-order chi connectivity index (χ0) is 19.3. The number of halogens is 1. The molecule has 3 heteroatoms. The summed E-state index contributed by atoms with van der Waals surface area (Å²) < 4.78 is 1.12. The van der Waals surface area contributed by atoms with E-state index in [0.29, 0.717) is 0 Å². The van der Waals surface area contributed by atoms with Gasteiger partial charge in [0.1, 0.15) is 0 Å². The minimum Gasteiger partial charge on any atom is -0.361 e. The van der Waals surface area contributed by atoms with Crippen molar-refractivity contribution in [3.8, 4) is 11.8 Å². The third-order valence-corrected chi connectivity index (χ3v) is 5.51. The van der Waals surface area contributed by atoms with Crippen LogP contribution >= 0.6 is 15.9 Å². The molecule has 3 aromatic rings. The SMILES string of the molecule is CN1CN(Cc2ccc(Br)cc2)Cc2cc(C#CCc3ccccc3)ccc21. The van der Waals surface area contributed by atoms with Crippen LogP contribution in [-0.4, -0.2) is 18.6 Å². The molecular formula is C25H23BrN2. The van der Waals surface area contributed by atoms with Crippen LogP contribution in [0.25, 0.3) is 0 Å². The summed E-state index contributed by atoms with van der Waals surface area (Å²) >= 11 is 3.51. The maximum atomic E-state index is 3.51. The topological polar surface area (TPSA) is 6.48 Å². The Hall–Kier alpha value is -2.54. The summed E-state index contributed by atoms with van der Waals surface area (Å²) in [5.74, 6) is 6.65. The van der Waals surface area contributed by atoms with Gasteiger partial charge in [0.25, 0.3) is 0 Å². The Kier molecular flexibility index (Phi) is 5.81. The number of hydrogen-bond donors (Lipinski definition) is 0. The summed E-state index contributed by atoms with van der Waals surface area (Å²) in [7, 11) is 2.16. The van der Waals surface area contributed by atoms with Crippen molar-refractivity contribution in [2.75, 3.05) is 18.6 Å². The van der Waals surface area contributed by atoms with Gasteiger partial charge in [0.2, 0.25) is 0 Å². The molecule has 1 heterocycles. The number of rotatable bonds is 3. The first-order chi connectivity index (χ1) is 13.7. The molecule has 0 atom stereocenters. The lowest BCUT2D eigenvalue weighted by Crippen LogP contribution is -2.39. The number of benzene rings is 3. The van der Waals surface area contributed by atoms with E-state index >= 15 is 0 Å². The van der Waals surface area contributed by atoms with Gasteiger partial charge >= 0.3 is 0 Å². The van der Waals surface area contributed by atoms with Gasteiger partial charge in [-0.15, -0.1) is 0 Å². The fraction of sp³-hybridized carbons (Fsp3) is 0.200. The predicted octanol–water partition coefficient (Wildman–Crippen LogP) is 5.45. The highest BCUT2D eigenvalue weighted by atomic mass is 79.9. The van der Waals surface area contributed by atoms with Gasteiger partial charge in [-0.2, -0.15) is 0 Å². The summed E-state index contributed by atoms with van der Waals surface area (Å²) in [5, 5.41) is 0. The van der Waals surface area contributed by atoms with E-state index in [1.54, 1.807) is 0 Å². The van der Waals surface area contributed by atoms with Crippen molar-refractivity contribution in [1.82, 2.24) is 4.90 Å². The van der Waals surface area contributed by atoms with Crippen molar-refractivity contribution >= 4 is 21.6 Å². The highest BCUT2D eigenvalue weighted by molar-refractivity contribution is 9.10. The third kappa shape index (κ3) is 4.65. The first kappa shape index (κ1) is 18.8. The van der Waals surface area contributed by atoms with Crippen molar-refractivity contribution in [1.29, 1.82) is 0 Å². The molecule has 4 rings (SSSR count). The molecular weight excluding hydrogens is 408 g/mol. The zero-order valence-corrected chi connectivity index (χ0v) is 17.6. The minimum atomic E-state index is 0.785. The maximum absolute atomic E-state index is 3.51. The van der Waals surface area contributed by atoms with Crippen LogP contribution < -0.4 is 4.90 Å². The number of anilines is 1. The Labute approximate surface area is 175 Å². The van der Waals surface area contributed by atoms with E-state index in [-0.39, 0.29) is 0 Å². The first-order valence-electron chi connectivity index (χ1n) is 9.51. The molecule has 0 saturated heterocycles. The summed E-state index contributed by atoms with van der Waals surface area (Å²) in [5.41, 5.74) is 6.33. The van der Waals surface area contributed by atoms with Crippen molar-refractivity contribution in [2.24, 2.45) is 0 Å².